The molecule has 1 unspecified atom stereocenters. The SMILES string of the molecule is COC(=O)C1CCCCN1C(=O)c1c(OC)cc(=O)n2c1CCN(Cc1ccsc1)CC2. The lowest BCUT2D eigenvalue weighted by Gasteiger charge is -2.34. The molecule has 0 aliphatic carbocycles. The zero-order valence-electron chi connectivity index (χ0n) is 18.5. The number of carbonyl (C=O) groups is 2. The summed E-state index contributed by atoms with van der Waals surface area (Å²) in [7, 11) is 2.81. The molecule has 9 heteroatoms. The smallest absolute Gasteiger partial charge is 0.328 e. The lowest BCUT2D eigenvalue weighted by Crippen LogP contribution is -2.49. The summed E-state index contributed by atoms with van der Waals surface area (Å²) in [5, 5.41) is 4.19. The predicted octanol–water partition coefficient (Wildman–Crippen LogP) is 2.14. The Morgan fingerprint density at radius 1 is 1.16 bits per heavy atom. The second-order valence-corrected chi connectivity index (χ2v) is 9.00. The van der Waals surface area contributed by atoms with Crippen LogP contribution in [0.5, 0.6) is 5.75 Å². The minimum Gasteiger partial charge on any atom is -0.496 e. The molecule has 1 atom stereocenters. The highest BCUT2D eigenvalue weighted by Crippen LogP contribution is 2.28. The van der Waals surface area contributed by atoms with Crippen LogP contribution in [0.3, 0.4) is 0 Å². The van der Waals surface area contributed by atoms with E-state index in [0.717, 1.165) is 32.5 Å². The Balaban J connectivity index is 1.68. The molecular formula is C23H29N3O5S. The fourth-order valence-electron chi connectivity index (χ4n) is 4.68. The van der Waals surface area contributed by atoms with E-state index in [1.807, 2.05) is 0 Å². The van der Waals surface area contributed by atoms with E-state index in [4.69, 9.17) is 9.47 Å². The van der Waals surface area contributed by atoms with E-state index < -0.39 is 12.0 Å². The minimum absolute atomic E-state index is 0.172. The number of pyridine rings is 1. The molecule has 32 heavy (non-hydrogen) atoms. The number of methoxy groups -OCH3 is 2. The van der Waals surface area contributed by atoms with E-state index in [-0.39, 0.29) is 17.2 Å². The van der Waals surface area contributed by atoms with Gasteiger partial charge in [-0.25, -0.2) is 4.79 Å². The average molecular weight is 460 g/mol. The van der Waals surface area contributed by atoms with E-state index >= 15 is 0 Å². The van der Waals surface area contributed by atoms with E-state index in [2.05, 4.69) is 21.7 Å². The topological polar surface area (TPSA) is 81.1 Å². The van der Waals surface area contributed by atoms with Gasteiger partial charge in [0.15, 0.2) is 0 Å². The van der Waals surface area contributed by atoms with Crippen molar-refractivity contribution in [3.63, 3.8) is 0 Å². The molecule has 2 aromatic rings. The van der Waals surface area contributed by atoms with Crippen molar-refractivity contribution >= 4 is 23.2 Å². The lowest BCUT2D eigenvalue weighted by molar-refractivity contribution is -0.147. The molecule has 2 aromatic heterocycles. The van der Waals surface area contributed by atoms with Gasteiger partial charge in [0.25, 0.3) is 11.5 Å². The number of rotatable bonds is 5. The molecule has 2 aliphatic rings. The second kappa shape index (κ2) is 9.87. The molecule has 8 nitrogen and oxygen atoms in total. The van der Waals surface area contributed by atoms with Gasteiger partial charge in [0.1, 0.15) is 17.4 Å². The van der Waals surface area contributed by atoms with Gasteiger partial charge in [-0.1, -0.05) is 0 Å². The Kier molecular flexibility index (Phi) is 6.95. The van der Waals surface area contributed by atoms with Crippen LogP contribution in [-0.2, 0) is 29.0 Å². The fourth-order valence-corrected chi connectivity index (χ4v) is 5.34. The number of likely N-dealkylation sites (tertiary alicyclic amines) is 1. The van der Waals surface area contributed by atoms with Crippen molar-refractivity contribution in [2.45, 2.75) is 44.8 Å². The third-order valence-corrected chi connectivity index (χ3v) is 7.08. The van der Waals surface area contributed by atoms with Crippen molar-refractivity contribution in [2.75, 3.05) is 33.9 Å². The van der Waals surface area contributed by atoms with Crippen molar-refractivity contribution in [1.29, 1.82) is 0 Å². The van der Waals surface area contributed by atoms with Gasteiger partial charge in [0, 0.05) is 50.9 Å². The van der Waals surface area contributed by atoms with E-state index in [1.165, 1.54) is 25.8 Å². The molecule has 0 N–H and O–H groups in total. The van der Waals surface area contributed by atoms with Crippen molar-refractivity contribution in [1.82, 2.24) is 14.4 Å². The molecule has 172 valence electrons. The largest absolute Gasteiger partial charge is 0.496 e. The number of piperidine rings is 1. The number of hydrogen-bond donors (Lipinski definition) is 0. The first-order chi connectivity index (χ1) is 15.5. The number of nitrogens with zero attached hydrogens (tertiary/aromatic N) is 3. The van der Waals surface area contributed by atoms with Crippen LogP contribution in [-0.4, -0.2) is 66.1 Å². The first kappa shape index (κ1) is 22.5. The number of carbonyl (C=O) groups excluding carboxylic acids is 2. The summed E-state index contributed by atoms with van der Waals surface area (Å²) in [6.45, 7) is 3.23. The van der Waals surface area contributed by atoms with Crippen LogP contribution in [0.15, 0.2) is 27.7 Å². The van der Waals surface area contributed by atoms with Crippen LogP contribution in [0, 0.1) is 0 Å². The number of aromatic nitrogens is 1. The molecule has 0 aromatic carbocycles. The van der Waals surface area contributed by atoms with Crippen LogP contribution in [0.25, 0.3) is 0 Å². The highest BCUT2D eigenvalue weighted by molar-refractivity contribution is 7.07. The number of thiophene rings is 1. The van der Waals surface area contributed by atoms with E-state index in [1.54, 1.807) is 20.8 Å². The van der Waals surface area contributed by atoms with Crippen LogP contribution in [0.1, 0.15) is 40.9 Å². The van der Waals surface area contributed by atoms with Crippen molar-refractivity contribution in [2.24, 2.45) is 0 Å². The minimum atomic E-state index is -0.612. The van der Waals surface area contributed by atoms with Crippen LogP contribution < -0.4 is 10.3 Å². The summed E-state index contributed by atoms with van der Waals surface area (Å²) in [6, 6.07) is 2.89. The van der Waals surface area contributed by atoms with Gasteiger partial charge in [-0.05, 0) is 41.7 Å². The van der Waals surface area contributed by atoms with Crippen LogP contribution in [0.4, 0.5) is 0 Å². The average Bonchev–Trinajstić information content (AvgIpc) is 3.24. The standard InChI is InChI=1S/C23H29N3O5S/c1-30-19-13-20(27)25-11-10-24(14-16-7-12-32-15-16)9-6-17(25)21(19)22(28)26-8-4-3-5-18(26)23(29)31-2/h7,12-13,15,18H,3-6,8-11,14H2,1-2H3. The second-order valence-electron chi connectivity index (χ2n) is 8.22. The zero-order valence-corrected chi connectivity index (χ0v) is 19.4. The maximum Gasteiger partial charge on any atom is 0.328 e. The van der Waals surface area contributed by atoms with Gasteiger partial charge in [-0.2, -0.15) is 11.3 Å². The summed E-state index contributed by atoms with van der Waals surface area (Å²) in [4.78, 5) is 42.9. The van der Waals surface area contributed by atoms with Crippen molar-refractivity contribution in [3.05, 3.63) is 50.1 Å². The van der Waals surface area contributed by atoms with Crippen molar-refractivity contribution in [3.8, 4) is 5.75 Å². The summed E-state index contributed by atoms with van der Waals surface area (Å²) < 4.78 is 12.1. The lowest BCUT2D eigenvalue weighted by atomic mass is 9.99. The quantitative estimate of drug-likeness (QED) is 0.638. The van der Waals surface area contributed by atoms with Gasteiger partial charge >= 0.3 is 5.97 Å². The fraction of sp³-hybridized carbons (Fsp3) is 0.522. The predicted molar refractivity (Wildman–Crippen MR) is 121 cm³/mol. The Labute approximate surface area is 191 Å². The summed E-state index contributed by atoms with van der Waals surface area (Å²) in [5.41, 5.74) is 2.15. The summed E-state index contributed by atoms with van der Waals surface area (Å²) >= 11 is 1.67. The summed E-state index contributed by atoms with van der Waals surface area (Å²) in [6.07, 6.45) is 2.81. The molecule has 1 fully saturated rings. The maximum atomic E-state index is 13.8. The van der Waals surface area contributed by atoms with E-state index in [9.17, 15) is 14.4 Å². The first-order valence-corrected chi connectivity index (χ1v) is 11.9. The number of fused-ring (bicyclic) bond motifs is 1. The van der Waals surface area contributed by atoms with Crippen LogP contribution >= 0.6 is 11.3 Å². The number of amides is 1. The van der Waals surface area contributed by atoms with Crippen molar-refractivity contribution < 1.29 is 19.1 Å². The Morgan fingerprint density at radius 2 is 2.00 bits per heavy atom. The Morgan fingerprint density at radius 3 is 2.72 bits per heavy atom. The molecule has 0 bridgehead atoms. The van der Waals surface area contributed by atoms with Gasteiger partial charge in [-0.3, -0.25) is 14.5 Å². The van der Waals surface area contributed by atoms with Gasteiger partial charge in [-0.15, -0.1) is 0 Å². The molecule has 4 rings (SSSR count). The highest BCUT2D eigenvalue weighted by atomic mass is 32.1. The monoisotopic (exact) mass is 459 g/mol. The van der Waals surface area contributed by atoms with Gasteiger partial charge < -0.3 is 18.9 Å². The summed E-state index contributed by atoms with van der Waals surface area (Å²) in [5.74, 6) is -0.406. The zero-order chi connectivity index (χ0) is 22.7. The number of esters is 1. The maximum absolute atomic E-state index is 13.8. The molecule has 2 aliphatic heterocycles. The highest BCUT2D eigenvalue weighted by Gasteiger charge is 2.36. The molecular weight excluding hydrogens is 430 g/mol. The third-order valence-electron chi connectivity index (χ3n) is 6.34. The van der Waals surface area contributed by atoms with E-state index in [0.29, 0.717) is 37.2 Å². The first-order valence-electron chi connectivity index (χ1n) is 11.0. The molecule has 1 saturated heterocycles. The molecule has 0 radical (unpaired) electrons. The number of hydrogen-bond acceptors (Lipinski definition) is 7. The number of ether oxygens (including phenoxy) is 2. The van der Waals surface area contributed by atoms with Crippen LogP contribution in [0.2, 0.25) is 0 Å². The third kappa shape index (κ3) is 4.45. The van der Waals surface area contributed by atoms with Gasteiger partial charge in [0.2, 0.25) is 0 Å². The molecule has 1 amide bonds. The normalized spacial score (nSPS) is 19.2. The molecule has 4 heterocycles. The molecule has 0 saturated carbocycles. The molecule has 0 spiro atoms. The van der Waals surface area contributed by atoms with Gasteiger partial charge in [0.05, 0.1) is 14.2 Å². The Hall–Kier alpha value is -2.65. The Bertz CT molecular complexity index is 1030.